The summed E-state index contributed by atoms with van der Waals surface area (Å²) in [6.45, 7) is 7.28. The molecule has 1 aliphatic rings. The van der Waals surface area contributed by atoms with E-state index in [1.807, 2.05) is 32.0 Å². The molecule has 2 amide bonds. The zero-order valence-electron chi connectivity index (χ0n) is 15.8. The van der Waals surface area contributed by atoms with Crippen molar-refractivity contribution in [1.29, 1.82) is 0 Å². The zero-order chi connectivity index (χ0) is 19.1. The maximum absolute atomic E-state index is 12.4. The number of rotatable bonds is 6. The van der Waals surface area contributed by atoms with Crippen LogP contribution in [0.5, 0.6) is 0 Å². The molecule has 0 bridgehead atoms. The van der Waals surface area contributed by atoms with Crippen LogP contribution < -0.4 is 5.32 Å². The van der Waals surface area contributed by atoms with E-state index in [9.17, 15) is 14.4 Å². The Labute approximate surface area is 154 Å². The number of ether oxygens (including phenoxy) is 1. The summed E-state index contributed by atoms with van der Waals surface area (Å²) in [7, 11) is 0. The van der Waals surface area contributed by atoms with Gasteiger partial charge in [-0.15, -0.1) is 0 Å². The molecule has 6 nitrogen and oxygen atoms in total. The zero-order valence-corrected chi connectivity index (χ0v) is 15.8. The van der Waals surface area contributed by atoms with Gasteiger partial charge in [-0.3, -0.25) is 14.4 Å². The number of nitrogens with one attached hydrogen (secondary N) is 1. The molecular formula is C20H28N2O4. The molecule has 0 saturated carbocycles. The van der Waals surface area contributed by atoms with Crippen molar-refractivity contribution in [1.82, 2.24) is 10.2 Å². The minimum atomic E-state index is -0.337. The molecule has 142 valence electrons. The topological polar surface area (TPSA) is 75.7 Å². The van der Waals surface area contributed by atoms with Crippen LogP contribution in [0.4, 0.5) is 0 Å². The second-order valence-electron chi connectivity index (χ2n) is 6.73. The Hall–Kier alpha value is -2.37. The molecule has 1 aromatic carbocycles. The number of piperidine rings is 1. The standard InChI is InChI=1S/C20H28N2O4/c1-4-26-19(24)8-7-18(23)22-11-9-17(10-12-22)21-20(25)16-6-5-14(2)15(3)13-16/h5-6,13,17H,4,7-12H2,1-3H3,(H,21,25). The summed E-state index contributed by atoms with van der Waals surface area (Å²) >= 11 is 0. The minimum absolute atomic E-state index is 0.0306. The third-order valence-electron chi connectivity index (χ3n) is 4.80. The molecule has 1 saturated heterocycles. The molecule has 1 aromatic rings. The number of hydrogen-bond donors (Lipinski definition) is 1. The van der Waals surface area contributed by atoms with Crippen molar-refractivity contribution in [3.63, 3.8) is 0 Å². The van der Waals surface area contributed by atoms with E-state index in [4.69, 9.17) is 4.74 Å². The van der Waals surface area contributed by atoms with Gasteiger partial charge in [-0.05, 0) is 56.9 Å². The predicted molar refractivity (Wildman–Crippen MR) is 98.9 cm³/mol. The van der Waals surface area contributed by atoms with Gasteiger partial charge in [-0.1, -0.05) is 6.07 Å². The van der Waals surface area contributed by atoms with E-state index in [-0.39, 0.29) is 36.7 Å². The SMILES string of the molecule is CCOC(=O)CCC(=O)N1CCC(NC(=O)c2ccc(C)c(C)c2)CC1. The monoisotopic (exact) mass is 360 g/mol. The number of esters is 1. The highest BCUT2D eigenvalue weighted by Gasteiger charge is 2.24. The highest BCUT2D eigenvalue weighted by atomic mass is 16.5. The van der Waals surface area contributed by atoms with Crippen LogP contribution in [-0.2, 0) is 14.3 Å². The summed E-state index contributed by atoms with van der Waals surface area (Å²) < 4.78 is 4.84. The highest BCUT2D eigenvalue weighted by Crippen LogP contribution is 2.14. The average molecular weight is 360 g/mol. The first kappa shape index (κ1) is 19.9. The summed E-state index contributed by atoms with van der Waals surface area (Å²) in [6.07, 6.45) is 1.75. The molecule has 0 aromatic heterocycles. The quantitative estimate of drug-likeness (QED) is 0.790. The van der Waals surface area contributed by atoms with E-state index in [0.717, 1.165) is 24.0 Å². The number of aryl methyl sites for hydroxylation is 2. The molecule has 1 heterocycles. The molecule has 0 radical (unpaired) electrons. The van der Waals surface area contributed by atoms with Crippen LogP contribution in [0.15, 0.2) is 18.2 Å². The number of amides is 2. The van der Waals surface area contributed by atoms with E-state index in [1.54, 1.807) is 11.8 Å². The predicted octanol–water partition coefficient (Wildman–Crippen LogP) is 2.37. The number of hydrogen-bond acceptors (Lipinski definition) is 4. The van der Waals surface area contributed by atoms with Crippen LogP contribution in [-0.4, -0.2) is 48.4 Å². The van der Waals surface area contributed by atoms with Crippen LogP contribution >= 0.6 is 0 Å². The molecule has 1 aliphatic heterocycles. The second kappa shape index (κ2) is 9.36. The van der Waals surface area contributed by atoms with Gasteiger partial charge in [-0.25, -0.2) is 0 Å². The number of carbonyl (C=O) groups excluding carboxylic acids is 3. The summed E-state index contributed by atoms with van der Waals surface area (Å²) in [5.41, 5.74) is 2.93. The number of benzene rings is 1. The summed E-state index contributed by atoms with van der Waals surface area (Å²) in [6, 6.07) is 5.76. The van der Waals surface area contributed by atoms with Crippen molar-refractivity contribution in [2.75, 3.05) is 19.7 Å². The molecular weight excluding hydrogens is 332 g/mol. The third kappa shape index (κ3) is 5.58. The number of carbonyl (C=O) groups is 3. The van der Waals surface area contributed by atoms with E-state index < -0.39 is 0 Å². The van der Waals surface area contributed by atoms with Crippen LogP contribution in [0.3, 0.4) is 0 Å². The van der Waals surface area contributed by atoms with Crippen molar-refractivity contribution >= 4 is 17.8 Å². The molecule has 0 unspecified atom stereocenters. The lowest BCUT2D eigenvalue weighted by Crippen LogP contribution is -2.46. The Morgan fingerprint density at radius 2 is 1.81 bits per heavy atom. The van der Waals surface area contributed by atoms with Crippen molar-refractivity contribution in [3.8, 4) is 0 Å². The van der Waals surface area contributed by atoms with Crippen molar-refractivity contribution in [2.45, 2.75) is 52.5 Å². The molecule has 0 spiro atoms. The molecule has 0 aliphatic carbocycles. The maximum atomic E-state index is 12.4. The van der Waals surface area contributed by atoms with E-state index >= 15 is 0 Å². The Bertz CT molecular complexity index is 664. The fourth-order valence-corrected chi connectivity index (χ4v) is 3.02. The Balaban J connectivity index is 1.77. The molecule has 26 heavy (non-hydrogen) atoms. The van der Waals surface area contributed by atoms with Crippen molar-refractivity contribution < 1.29 is 19.1 Å². The van der Waals surface area contributed by atoms with E-state index in [2.05, 4.69) is 5.32 Å². The first-order valence-electron chi connectivity index (χ1n) is 9.22. The van der Waals surface area contributed by atoms with Gasteiger partial charge >= 0.3 is 5.97 Å². The lowest BCUT2D eigenvalue weighted by Gasteiger charge is -2.32. The van der Waals surface area contributed by atoms with E-state index in [0.29, 0.717) is 25.3 Å². The molecule has 2 rings (SSSR count). The van der Waals surface area contributed by atoms with Gasteiger partial charge in [0.25, 0.3) is 5.91 Å². The van der Waals surface area contributed by atoms with E-state index in [1.165, 1.54) is 0 Å². The summed E-state index contributed by atoms with van der Waals surface area (Å²) in [5, 5.41) is 3.06. The largest absolute Gasteiger partial charge is 0.466 e. The molecule has 6 heteroatoms. The van der Waals surface area contributed by atoms with Gasteiger partial charge in [0.1, 0.15) is 0 Å². The normalized spacial score (nSPS) is 14.8. The average Bonchev–Trinajstić information content (AvgIpc) is 2.62. The van der Waals surface area contributed by atoms with Crippen molar-refractivity contribution in [3.05, 3.63) is 34.9 Å². The lowest BCUT2D eigenvalue weighted by molar-refractivity contribution is -0.145. The smallest absolute Gasteiger partial charge is 0.306 e. The minimum Gasteiger partial charge on any atom is -0.466 e. The summed E-state index contributed by atoms with van der Waals surface area (Å²) in [4.78, 5) is 37.6. The summed E-state index contributed by atoms with van der Waals surface area (Å²) in [5.74, 6) is -0.437. The van der Waals surface area contributed by atoms with Crippen LogP contribution in [0.25, 0.3) is 0 Å². The lowest BCUT2D eigenvalue weighted by atomic mass is 10.0. The van der Waals surface area contributed by atoms with Gasteiger partial charge in [0, 0.05) is 31.1 Å². The van der Waals surface area contributed by atoms with Crippen LogP contribution in [0, 0.1) is 13.8 Å². The number of nitrogens with zero attached hydrogens (tertiary/aromatic N) is 1. The third-order valence-corrected chi connectivity index (χ3v) is 4.80. The molecule has 1 N–H and O–H groups in total. The fraction of sp³-hybridized carbons (Fsp3) is 0.550. The van der Waals surface area contributed by atoms with Gasteiger partial charge in [-0.2, -0.15) is 0 Å². The maximum Gasteiger partial charge on any atom is 0.306 e. The van der Waals surface area contributed by atoms with Gasteiger partial charge in [0.05, 0.1) is 13.0 Å². The van der Waals surface area contributed by atoms with Crippen molar-refractivity contribution in [2.24, 2.45) is 0 Å². The van der Waals surface area contributed by atoms with Gasteiger partial charge in [0.2, 0.25) is 5.91 Å². The fourth-order valence-electron chi connectivity index (χ4n) is 3.02. The number of likely N-dealkylation sites (tertiary alicyclic amines) is 1. The highest BCUT2D eigenvalue weighted by molar-refractivity contribution is 5.94. The first-order chi connectivity index (χ1) is 12.4. The molecule has 0 atom stereocenters. The van der Waals surface area contributed by atoms with Crippen LogP contribution in [0.1, 0.15) is 54.1 Å². The molecule has 1 fully saturated rings. The Morgan fingerprint density at radius 1 is 1.12 bits per heavy atom. The Kier molecular flexibility index (Phi) is 7.18. The Morgan fingerprint density at radius 3 is 2.42 bits per heavy atom. The second-order valence-corrected chi connectivity index (χ2v) is 6.73. The van der Waals surface area contributed by atoms with Gasteiger partial charge in [0.15, 0.2) is 0 Å². The first-order valence-corrected chi connectivity index (χ1v) is 9.22. The van der Waals surface area contributed by atoms with Gasteiger partial charge < -0.3 is 15.0 Å². The van der Waals surface area contributed by atoms with Crippen LogP contribution in [0.2, 0.25) is 0 Å².